The number of hydrogen-bond donors (Lipinski definition) is 2. The summed E-state index contributed by atoms with van der Waals surface area (Å²) in [5.74, 6) is 0.229. The van der Waals surface area contributed by atoms with E-state index in [0.29, 0.717) is 33.4 Å². The summed E-state index contributed by atoms with van der Waals surface area (Å²) in [5, 5.41) is 14.2. The van der Waals surface area contributed by atoms with Crippen LogP contribution in [0.3, 0.4) is 0 Å². The molecule has 0 saturated carbocycles. The van der Waals surface area contributed by atoms with Crippen molar-refractivity contribution in [2.45, 2.75) is 0 Å². The SMILES string of the molecule is O=C(Nc1cccc(Cl)c1)ONC1=Nc2ccc([N+](=O)[O-])cc2C(c2ccccn2)=NC1. The van der Waals surface area contributed by atoms with Crippen LogP contribution in [0.4, 0.5) is 21.9 Å². The van der Waals surface area contributed by atoms with Gasteiger partial charge < -0.3 is 4.84 Å². The van der Waals surface area contributed by atoms with Crippen molar-refractivity contribution in [2.24, 2.45) is 9.98 Å². The van der Waals surface area contributed by atoms with Gasteiger partial charge in [0.2, 0.25) is 0 Å². The number of benzene rings is 2. The summed E-state index contributed by atoms with van der Waals surface area (Å²) in [5.41, 5.74) is 4.68. The molecule has 160 valence electrons. The zero-order chi connectivity index (χ0) is 22.5. The van der Waals surface area contributed by atoms with Gasteiger partial charge in [-0.15, -0.1) is 0 Å². The van der Waals surface area contributed by atoms with E-state index < -0.39 is 11.0 Å². The molecule has 0 bridgehead atoms. The van der Waals surface area contributed by atoms with Gasteiger partial charge in [0.05, 0.1) is 22.0 Å². The fourth-order valence-corrected chi connectivity index (χ4v) is 3.13. The number of hydroxylamine groups is 1. The van der Waals surface area contributed by atoms with Crippen LogP contribution >= 0.6 is 11.6 Å². The number of carbonyl (C=O) groups excluding carboxylic acids is 1. The van der Waals surface area contributed by atoms with Crippen molar-refractivity contribution in [1.29, 1.82) is 0 Å². The van der Waals surface area contributed by atoms with Crippen LogP contribution in [0.5, 0.6) is 0 Å². The molecule has 0 spiro atoms. The molecule has 0 unspecified atom stereocenters. The molecule has 0 radical (unpaired) electrons. The molecule has 0 fully saturated rings. The summed E-state index contributed by atoms with van der Waals surface area (Å²) in [6.07, 6.45) is 0.820. The molecule has 4 rings (SSSR count). The Morgan fingerprint density at radius 2 is 2.00 bits per heavy atom. The molecular weight excluding hydrogens is 436 g/mol. The number of aliphatic imine (C=N–C) groups is 2. The number of anilines is 1. The highest BCUT2D eigenvalue weighted by atomic mass is 35.5. The van der Waals surface area contributed by atoms with Gasteiger partial charge in [-0.2, -0.15) is 0 Å². The molecule has 1 aromatic heterocycles. The van der Waals surface area contributed by atoms with Crippen LogP contribution in [0.15, 0.2) is 76.8 Å². The summed E-state index contributed by atoms with van der Waals surface area (Å²) < 4.78 is 0. The molecule has 0 atom stereocenters. The number of fused-ring (bicyclic) bond motifs is 1. The maximum atomic E-state index is 12.1. The number of amidine groups is 1. The van der Waals surface area contributed by atoms with Crippen LogP contribution in [0.25, 0.3) is 0 Å². The Kier molecular flexibility index (Phi) is 6.04. The van der Waals surface area contributed by atoms with E-state index in [1.165, 1.54) is 18.2 Å². The molecule has 1 amide bonds. The Labute approximate surface area is 186 Å². The number of rotatable bonds is 3. The van der Waals surface area contributed by atoms with Crippen molar-refractivity contribution < 1.29 is 14.6 Å². The number of aromatic nitrogens is 1. The van der Waals surface area contributed by atoms with Gasteiger partial charge >= 0.3 is 6.09 Å². The number of non-ortho nitro benzene ring substituents is 1. The van der Waals surface area contributed by atoms with Gasteiger partial charge in [-0.1, -0.05) is 23.7 Å². The zero-order valence-electron chi connectivity index (χ0n) is 16.4. The summed E-state index contributed by atoms with van der Waals surface area (Å²) in [4.78, 5) is 41.1. The predicted octanol–water partition coefficient (Wildman–Crippen LogP) is 4.28. The van der Waals surface area contributed by atoms with E-state index in [-0.39, 0.29) is 18.1 Å². The predicted molar refractivity (Wildman–Crippen MR) is 120 cm³/mol. The monoisotopic (exact) mass is 450 g/mol. The number of nitrogens with zero attached hydrogens (tertiary/aromatic N) is 4. The second kappa shape index (κ2) is 9.23. The first kappa shape index (κ1) is 20.9. The van der Waals surface area contributed by atoms with E-state index >= 15 is 0 Å². The number of halogens is 1. The van der Waals surface area contributed by atoms with Crippen molar-refractivity contribution in [3.8, 4) is 0 Å². The summed E-state index contributed by atoms with van der Waals surface area (Å²) in [6.45, 7) is 0.0266. The summed E-state index contributed by atoms with van der Waals surface area (Å²) >= 11 is 5.90. The quantitative estimate of drug-likeness (QED) is 0.452. The first-order valence-corrected chi connectivity index (χ1v) is 9.69. The number of nitro groups is 1. The van der Waals surface area contributed by atoms with Gasteiger partial charge in [0.25, 0.3) is 5.69 Å². The van der Waals surface area contributed by atoms with Gasteiger partial charge in [0, 0.05) is 34.6 Å². The Bertz CT molecular complexity index is 1250. The second-order valence-electron chi connectivity index (χ2n) is 6.52. The second-order valence-corrected chi connectivity index (χ2v) is 6.96. The van der Waals surface area contributed by atoms with Crippen molar-refractivity contribution in [3.05, 3.63) is 93.3 Å². The van der Waals surface area contributed by atoms with Crippen LogP contribution in [0.1, 0.15) is 11.3 Å². The van der Waals surface area contributed by atoms with E-state index in [1.54, 1.807) is 48.7 Å². The molecule has 10 nitrogen and oxygen atoms in total. The molecule has 1 aliphatic rings. The molecule has 2 N–H and O–H groups in total. The van der Waals surface area contributed by atoms with Crippen molar-refractivity contribution in [2.75, 3.05) is 11.9 Å². The molecule has 1 aliphatic heterocycles. The van der Waals surface area contributed by atoms with E-state index in [1.807, 2.05) is 0 Å². The van der Waals surface area contributed by atoms with Gasteiger partial charge in [-0.05, 0) is 36.4 Å². The average molecular weight is 451 g/mol. The molecule has 2 aromatic carbocycles. The minimum Gasteiger partial charge on any atom is -0.323 e. The van der Waals surface area contributed by atoms with Crippen molar-refractivity contribution in [3.63, 3.8) is 0 Å². The molecule has 3 aromatic rings. The van der Waals surface area contributed by atoms with Gasteiger partial charge in [0.15, 0.2) is 5.84 Å². The van der Waals surface area contributed by atoms with Crippen LogP contribution in [-0.2, 0) is 4.84 Å². The molecular formula is C21H15ClN6O4. The average Bonchev–Trinajstić information content (AvgIpc) is 2.97. The lowest BCUT2D eigenvalue weighted by molar-refractivity contribution is -0.384. The maximum absolute atomic E-state index is 12.1. The Morgan fingerprint density at radius 3 is 2.75 bits per heavy atom. The van der Waals surface area contributed by atoms with Crippen LogP contribution in [-0.4, -0.2) is 34.1 Å². The zero-order valence-corrected chi connectivity index (χ0v) is 17.1. The lowest BCUT2D eigenvalue weighted by Crippen LogP contribution is -2.31. The number of carbonyl (C=O) groups is 1. The van der Waals surface area contributed by atoms with Crippen molar-refractivity contribution in [1.82, 2.24) is 10.5 Å². The fourth-order valence-electron chi connectivity index (χ4n) is 2.94. The Hall–Kier alpha value is -4.31. The third kappa shape index (κ3) is 4.87. The third-order valence-corrected chi connectivity index (χ3v) is 4.56. The first-order chi connectivity index (χ1) is 15.5. The molecule has 0 aliphatic carbocycles. The van der Waals surface area contributed by atoms with Gasteiger partial charge in [0.1, 0.15) is 6.54 Å². The summed E-state index contributed by atoms with van der Waals surface area (Å²) in [7, 11) is 0. The Morgan fingerprint density at radius 1 is 1.12 bits per heavy atom. The normalized spacial score (nSPS) is 12.5. The Balaban J connectivity index is 1.57. The van der Waals surface area contributed by atoms with Crippen LogP contribution in [0, 0.1) is 10.1 Å². The van der Waals surface area contributed by atoms with Crippen LogP contribution < -0.4 is 10.8 Å². The minimum absolute atomic E-state index is 0.0266. The van der Waals surface area contributed by atoms with Gasteiger partial charge in [-0.3, -0.25) is 25.4 Å². The largest absolute Gasteiger partial charge is 0.435 e. The van der Waals surface area contributed by atoms with Crippen LogP contribution in [0.2, 0.25) is 5.02 Å². The van der Waals surface area contributed by atoms with E-state index in [4.69, 9.17) is 16.4 Å². The highest BCUT2D eigenvalue weighted by molar-refractivity contribution is 6.30. The molecule has 0 saturated heterocycles. The number of hydrogen-bond acceptors (Lipinski definition) is 8. The number of amides is 1. The topological polar surface area (TPSA) is 131 Å². The minimum atomic E-state index is -0.780. The smallest absolute Gasteiger partial charge is 0.323 e. The standard InChI is InChI=1S/C21H15ClN6O4/c22-13-4-3-5-14(10-13)25-21(29)32-27-19-12-24-20(18-6-1-2-9-23-18)16-11-15(28(30)31)7-8-17(16)26-19/h1-11H,12H2,(H,25,29)(H,26,27). The molecule has 32 heavy (non-hydrogen) atoms. The van der Waals surface area contributed by atoms with E-state index in [9.17, 15) is 14.9 Å². The van der Waals surface area contributed by atoms with Crippen molar-refractivity contribution >= 4 is 46.3 Å². The highest BCUT2D eigenvalue weighted by Gasteiger charge is 2.21. The number of pyridine rings is 1. The van der Waals surface area contributed by atoms with Gasteiger partial charge in [-0.25, -0.2) is 15.3 Å². The molecule has 11 heteroatoms. The number of nitro benzene ring substituents is 1. The molecule has 2 heterocycles. The number of nitrogens with one attached hydrogen (secondary N) is 2. The lowest BCUT2D eigenvalue weighted by atomic mass is 10.0. The van der Waals surface area contributed by atoms with E-state index in [2.05, 4.69) is 25.8 Å². The highest BCUT2D eigenvalue weighted by Crippen LogP contribution is 2.28. The summed E-state index contributed by atoms with van der Waals surface area (Å²) in [6, 6.07) is 16.1. The first-order valence-electron chi connectivity index (χ1n) is 9.31. The fraction of sp³-hybridized carbons (Fsp3) is 0.0476. The lowest BCUT2D eigenvalue weighted by Gasteiger charge is -2.09. The van der Waals surface area contributed by atoms with E-state index in [0.717, 1.165) is 0 Å². The third-order valence-electron chi connectivity index (χ3n) is 4.33. The maximum Gasteiger partial charge on any atom is 0.435 e.